The van der Waals surface area contributed by atoms with Gasteiger partial charge in [-0.2, -0.15) is 13.2 Å². The summed E-state index contributed by atoms with van der Waals surface area (Å²) in [5.41, 5.74) is -0.895. The third-order valence-corrected chi connectivity index (χ3v) is 4.15. The molecule has 0 amide bonds. The number of aliphatic hydroxyl groups is 3. The van der Waals surface area contributed by atoms with E-state index >= 15 is 0 Å². The van der Waals surface area contributed by atoms with Gasteiger partial charge in [-0.25, -0.2) is 9.57 Å². The quantitative estimate of drug-likeness (QED) is 0.348. The lowest BCUT2D eigenvalue weighted by Gasteiger charge is -2.38. The maximum absolute atomic E-state index is 12.5. The van der Waals surface area contributed by atoms with Gasteiger partial charge in [-0.05, 0) is 0 Å². The Hall–Kier alpha value is -0.770. The SMILES string of the molecule is C=[N+]=C(SC1CC(O)C(O)C(C(O)C(F)(F)F)O1)N(C)C. The summed E-state index contributed by atoms with van der Waals surface area (Å²) in [6.07, 6.45) is -13.2. The summed E-state index contributed by atoms with van der Waals surface area (Å²) in [5, 5.41) is 28.9. The number of hydrogen-bond acceptors (Lipinski definition) is 5. The molecule has 1 rings (SSSR count). The molecule has 0 saturated carbocycles. The van der Waals surface area contributed by atoms with Gasteiger partial charge in [-0.1, -0.05) is 0 Å². The lowest BCUT2D eigenvalue weighted by atomic mass is 9.98. The van der Waals surface area contributed by atoms with Crippen LogP contribution in [0.15, 0.2) is 0 Å². The van der Waals surface area contributed by atoms with Crippen LogP contribution < -0.4 is 4.67 Å². The fraction of sp³-hybridized carbons (Fsp3) is 0.818. The molecule has 21 heavy (non-hydrogen) atoms. The van der Waals surface area contributed by atoms with Crippen LogP contribution in [0.5, 0.6) is 0 Å². The molecular formula is C11H18F3N2O4S+. The molecule has 5 unspecified atom stereocenters. The molecule has 0 aromatic heterocycles. The Morgan fingerprint density at radius 2 is 2.00 bits per heavy atom. The first kappa shape index (κ1) is 18.3. The van der Waals surface area contributed by atoms with Crippen molar-refractivity contribution in [3.05, 3.63) is 0 Å². The third kappa shape index (κ3) is 4.60. The number of ether oxygens (including phenoxy) is 1. The third-order valence-electron chi connectivity index (χ3n) is 2.87. The average Bonchev–Trinajstić information content (AvgIpc) is 2.37. The molecule has 1 fully saturated rings. The summed E-state index contributed by atoms with van der Waals surface area (Å²) in [7, 11) is 3.32. The first-order valence-corrected chi connectivity index (χ1v) is 6.90. The van der Waals surface area contributed by atoms with E-state index in [0.29, 0.717) is 5.17 Å². The van der Waals surface area contributed by atoms with E-state index in [-0.39, 0.29) is 6.42 Å². The fourth-order valence-electron chi connectivity index (χ4n) is 1.79. The van der Waals surface area contributed by atoms with Crippen molar-refractivity contribution in [3.8, 4) is 0 Å². The van der Waals surface area contributed by atoms with Gasteiger partial charge in [0, 0.05) is 18.2 Å². The first-order chi connectivity index (χ1) is 9.57. The number of rotatable bonds is 2. The molecule has 1 heterocycles. The highest BCUT2D eigenvalue weighted by atomic mass is 32.2. The Bertz CT molecular complexity index is 415. The second kappa shape index (κ2) is 6.99. The van der Waals surface area contributed by atoms with Gasteiger partial charge in [0.15, 0.2) is 12.8 Å². The molecule has 3 N–H and O–H groups in total. The van der Waals surface area contributed by atoms with E-state index in [1.807, 2.05) is 0 Å². The van der Waals surface area contributed by atoms with Crippen LogP contribution in [0, 0.1) is 0 Å². The standard InChI is InChI=1S/C11H18F3N2O4S/c1-15-10(16(2)3)21-6-4-5(17)7(18)8(20-6)9(19)11(12,13)14/h5-9,17-19H,1,4H2,2-3H3/q+1. The van der Waals surface area contributed by atoms with E-state index in [2.05, 4.69) is 11.4 Å². The number of amidine groups is 1. The van der Waals surface area contributed by atoms with Crippen molar-refractivity contribution in [1.29, 1.82) is 0 Å². The van der Waals surface area contributed by atoms with Crippen LogP contribution in [0.25, 0.3) is 0 Å². The summed E-state index contributed by atoms with van der Waals surface area (Å²) >= 11 is 0.953. The molecule has 10 heteroatoms. The van der Waals surface area contributed by atoms with Crippen molar-refractivity contribution in [2.45, 2.75) is 42.4 Å². The van der Waals surface area contributed by atoms with E-state index < -0.39 is 36.0 Å². The number of halogens is 3. The van der Waals surface area contributed by atoms with Crippen molar-refractivity contribution < 1.29 is 33.2 Å². The molecule has 1 aliphatic heterocycles. The Labute approximate surface area is 123 Å². The minimum Gasteiger partial charge on any atom is -0.390 e. The number of aliphatic hydroxyl groups excluding tert-OH is 3. The Morgan fingerprint density at radius 3 is 2.43 bits per heavy atom. The second-order valence-electron chi connectivity index (χ2n) is 4.76. The number of nitrogens with zero attached hydrogens (tertiary/aromatic N) is 2. The van der Waals surface area contributed by atoms with Crippen molar-refractivity contribution in [3.63, 3.8) is 0 Å². The van der Waals surface area contributed by atoms with Crippen LogP contribution in [0.3, 0.4) is 0 Å². The zero-order chi connectivity index (χ0) is 16.4. The van der Waals surface area contributed by atoms with Gasteiger partial charge in [0.1, 0.15) is 17.6 Å². The molecule has 0 aliphatic carbocycles. The van der Waals surface area contributed by atoms with Crippen molar-refractivity contribution in [2.24, 2.45) is 0 Å². The molecular weight excluding hydrogens is 313 g/mol. The Kier molecular flexibility index (Phi) is 6.09. The van der Waals surface area contributed by atoms with Gasteiger partial charge >= 0.3 is 11.3 Å². The second-order valence-corrected chi connectivity index (χ2v) is 5.89. The molecule has 0 bridgehead atoms. The van der Waals surface area contributed by atoms with Crippen LogP contribution >= 0.6 is 11.8 Å². The highest BCUT2D eigenvalue weighted by molar-refractivity contribution is 8.14. The first-order valence-electron chi connectivity index (χ1n) is 6.02. The zero-order valence-electron chi connectivity index (χ0n) is 11.5. The van der Waals surface area contributed by atoms with E-state index in [1.54, 1.807) is 19.0 Å². The largest absolute Gasteiger partial charge is 0.417 e. The van der Waals surface area contributed by atoms with E-state index in [0.717, 1.165) is 11.8 Å². The maximum Gasteiger partial charge on any atom is 0.417 e. The topological polar surface area (TPSA) is 87.3 Å². The van der Waals surface area contributed by atoms with Gasteiger partial charge in [0.2, 0.25) is 0 Å². The Morgan fingerprint density at radius 1 is 1.43 bits per heavy atom. The summed E-state index contributed by atoms with van der Waals surface area (Å²) in [5.74, 6) is 0. The van der Waals surface area contributed by atoms with E-state index in [9.17, 15) is 28.5 Å². The van der Waals surface area contributed by atoms with Crippen molar-refractivity contribution >= 4 is 23.6 Å². The number of alkyl halides is 3. The summed E-state index contributed by atoms with van der Waals surface area (Å²) < 4.78 is 46.4. The van der Waals surface area contributed by atoms with Crippen LogP contribution in [0.4, 0.5) is 13.2 Å². The lowest BCUT2D eigenvalue weighted by molar-refractivity contribution is -0.269. The predicted octanol–water partition coefficient (Wildman–Crippen LogP) is -0.835. The van der Waals surface area contributed by atoms with Crippen LogP contribution in [-0.4, -0.2) is 82.2 Å². The smallest absolute Gasteiger partial charge is 0.390 e. The van der Waals surface area contributed by atoms with Gasteiger partial charge < -0.3 is 20.1 Å². The molecule has 0 spiro atoms. The van der Waals surface area contributed by atoms with Gasteiger partial charge in [-0.15, -0.1) is 0 Å². The number of thioether (sulfide) groups is 1. The van der Waals surface area contributed by atoms with Crippen LogP contribution in [0.2, 0.25) is 0 Å². The molecule has 1 aliphatic rings. The normalized spacial score (nSPS) is 31.4. The van der Waals surface area contributed by atoms with Crippen molar-refractivity contribution in [1.82, 2.24) is 9.57 Å². The molecule has 6 nitrogen and oxygen atoms in total. The molecule has 1 saturated heterocycles. The average molecular weight is 331 g/mol. The Balaban J connectivity index is 2.85. The minimum absolute atomic E-state index is 0.0974. The van der Waals surface area contributed by atoms with Gasteiger partial charge in [-0.3, -0.25) is 0 Å². The zero-order valence-corrected chi connectivity index (χ0v) is 12.3. The highest BCUT2D eigenvalue weighted by Gasteiger charge is 2.51. The predicted molar refractivity (Wildman–Crippen MR) is 72.9 cm³/mol. The molecule has 0 aromatic rings. The molecule has 122 valence electrons. The van der Waals surface area contributed by atoms with Crippen LogP contribution in [-0.2, 0) is 4.74 Å². The highest BCUT2D eigenvalue weighted by Crippen LogP contribution is 2.34. The van der Waals surface area contributed by atoms with E-state index in [4.69, 9.17) is 4.74 Å². The fourth-order valence-corrected chi connectivity index (χ4v) is 2.79. The number of hydrogen-bond donors (Lipinski definition) is 3. The van der Waals surface area contributed by atoms with Crippen LogP contribution in [0.1, 0.15) is 6.42 Å². The van der Waals surface area contributed by atoms with Gasteiger partial charge in [0.25, 0.3) is 0 Å². The maximum atomic E-state index is 12.5. The molecule has 0 aromatic carbocycles. The minimum atomic E-state index is -4.96. The monoisotopic (exact) mass is 331 g/mol. The van der Waals surface area contributed by atoms with E-state index in [1.165, 1.54) is 0 Å². The van der Waals surface area contributed by atoms with Crippen molar-refractivity contribution in [2.75, 3.05) is 14.1 Å². The molecule has 0 radical (unpaired) electrons. The summed E-state index contributed by atoms with van der Waals surface area (Å²) in [4.78, 5) is 1.58. The van der Waals surface area contributed by atoms with Gasteiger partial charge in [0.05, 0.1) is 20.2 Å². The molecule has 5 atom stereocenters. The summed E-state index contributed by atoms with van der Waals surface area (Å²) in [6, 6.07) is 0. The summed E-state index contributed by atoms with van der Waals surface area (Å²) in [6.45, 7) is 3.33. The lowest BCUT2D eigenvalue weighted by Crippen LogP contribution is -2.56.